The molecular weight excluding hydrogens is 618 g/mol. The number of imidazole rings is 1. The van der Waals surface area contributed by atoms with Gasteiger partial charge < -0.3 is 24.8 Å². The lowest BCUT2D eigenvalue weighted by atomic mass is 10.1. The second-order valence-electron chi connectivity index (χ2n) is 11.7. The number of aromatic nitrogens is 4. The standard InChI is InChI=1S/C31H40FN6O7P/c1-4-5-8-14-42-30(40)23(15-19(2)3)37-46(41,45-25-13-9-11-20-10-6-7-12-22(20)25)43-17-21-16-24(39)29(44-21)38-18-34-26-27(33)35-31(32)36-28(26)38/h6-7,9-13,18-19,21,23-24,29,39H,4-5,8,14-17H2,1-3H3,(H,37,41)(H2,33,35,36)/t21-,23-,24-,29?,46?/m0/s1. The number of rotatable bonds is 15. The lowest BCUT2D eigenvalue weighted by molar-refractivity contribution is -0.146. The minimum Gasteiger partial charge on any atom is -0.465 e. The number of nitrogen functional groups attached to an aromatic ring is 1. The molecule has 0 aliphatic carbocycles. The third kappa shape index (κ3) is 7.99. The molecule has 13 nitrogen and oxygen atoms in total. The number of hydrogen-bond acceptors (Lipinski definition) is 11. The van der Waals surface area contributed by atoms with E-state index >= 15 is 0 Å². The summed E-state index contributed by atoms with van der Waals surface area (Å²) in [6, 6.07) is 11.8. The van der Waals surface area contributed by atoms with Crippen LogP contribution < -0.4 is 15.3 Å². The Labute approximate surface area is 266 Å². The van der Waals surface area contributed by atoms with Crippen molar-refractivity contribution in [3.8, 4) is 5.75 Å². The number of hydrogen-bond donors (Lipinski definition) is 3. The zero-order valence-electron chi connectivity index (χ0n) is 26.0. The van der Waals surface area contributed by atoms with Crippen molar-refractivity contribution in [2.75, 3.05) is 18.9 Å². The summed E-state index contributed by atoms with van der Waals surface area (Å²) < 4.78 is 53.5. The molecule has 1 aliphatic rings. The molecule has 1 fully saturated rings. The van der Waals surface area contributed by atoms with Gasteiger partial charge >= 0.3 is 19.8 Å². The van der Waals surface area contributed by atoms with Crippen molar-refractivity contribution >= 4 is 41.5 Å². The first-order valence-electron chi connectivity index (χ1n) is 15.4. The van der Waals surface area contributed by atoms with Crippen LogP contribution in [0.5, 0.6) is 5.75 Å². The topological polar surface area (TPSA) is 173 Å². The van der Waals surface area contributed by atoms with E-state index in [1.165, 1.54) is 10.9 Å². The zero-order chi connectivity index (χ0) is 32.8. The van der Waals surface area contributed by atoms with E-state index in [1.807, 2.05) is 44.2 Å². The fourth-order valence-corrected chi connectivity index (χ4v) is 6.90. The van der Waals surface area contributed by atoms with E-state index in [0.717, 1.165) is 24.6 Å². The molecule has 5 rings (SSSR count). The average Bonchev–Trinajstić information content (AvgIpc) is 3.60. The molecule has 5 atom stereocenters. The van der Waals surface area contributed by atoms with Gasteiger partial charge in [0.25, 0.3) is 0 Å². The molecule has 4 N–H and O–H groups in total. The number of nitrogens with zero attached hydrogens (tertiary/aromatic N) is 4. The summed E-state index contributed by atoms with van der Waals surface area (Å²) in [5, 5.41) is 15.3. The van der Waals surface area contributed by atoms with E-state index in [2.05, 4.69) is 27.0 Å². The Kier molecular flexibility index (Phi) is 10.9. The summed E-state index contributed by atoms with van der Waals surface area (Å²) in [6.07, 6.45) is 0.442. The van der Waals surface area contributed by atoms with Gasteiger partial charge in [0.05, 0.1) is 25.6 Å². The monoisotopic (exact) mass is 658 g/mol. The first kappa shape index (κ1) is 33.7. The molecule has 0 radical (unpaired) electrons. The summed E-state index contributed by atoms with van der Waals surface area (Å²) in [4.78, 5) is 24.6. The van der Waals surface area contributed by atoms with Gasteiger partial charge in [0, 0.05) is 11.8 Å². The van der Waals surface area contributed by atoms with Crippen molar-refractivity contribution in [1.29, 1.82) is 0 Å². The number of anilines is 1. The minimum atomic E-state index is -4.28. The van der Waals surface area contributed by atoms with Crippen molar-refractivity contribution in [1.82, 2.24) is 24.6 Å². The molecule has 0 spiro atoms. The van der Waals surface area contributed by atoms with Gasteiger partial charge in [0.2, 0.25) is 0 Å². The quantitative estimate of drug-likeness (QED) is 0.0653. The molecule has 46 heavy (non-hydrogen) atoms. The lowest BCUT2D eigenvalue weighted by Crippen LogP contribution is -2.39. The maximum absolute atomic E-state index is 14.5. The molecule has 3 heterocycles. The Hall–Kier alpha value is -3.68. The number of benzene rings is 2. The first-order chi connectivity index (χ1) is 22.1. The Bertz CT molecular complexity index is 1700. The van der Waals surface area contributed by atoms with E-state index in [4.69, 9.17) is 24.3 Å². The van der Waals surface area contributed by atoms with Gasteiger partial charge in [-0.15, -0.1) is 0 Å². The highest BCUT2D eigenvalue weighted by atomic mass is 31.2. The number of nitrogens with one attached hydrogen (secondary N) is 1. The van der Waals surface area contributed by atoms with Crippen LogP contribution in [0.25, 0.3) is 21.9 Å². The number of aliphatic hydroxyl groups is 1. The number of fused-ring (bicyclic) bond motifs is 2. The summed E-state index contributed by atoms with van der Waals surface area (Å²) >= 11 is 0. The molecular formula is C31H40FN6O7P. The molecule has 15 heteroatoms. The van der Waals surface area contributed by atoms with Gasteiger partial charge in [-0.3, -0.25) is 13.9 Å². The average molecular weight is 659 g/mol. The van der Waals surface area contributed by atoms with E-state index in [-0.39, 0.29) is 42.5 Å². The normalized spacial score (nSPS) is 20.3. The van der Waals surface area contributed by atoms with Crippen molar-refractivity contribution < 1.29 is 37.4 Å². The van der Waals surface area contributed by atoms with Crippen molar-refractivity contribution in [3.05, 3.63) is 54.9 Å². The summed E-state index contributed by atoms with van der Waals surface area (Å²) in [5.74, 6) is -0.356. The highest BCUT2D eigenvalue weighted by Crippen LogP contribution is 2.48. The predicted octanol–water partition coefficient (Wildman–Crippen LogP) is 5.29. The molecule has 0 amide bonds. The number of unbranched alkanes of at least 4 members (excludes halogenated alkanes) is 2. The van der Waals surface area contributed by atoms with Crippen LogP contribution in [-0.2, 0) is 23.4 Å². The molecule has 0 saturated carbocycles. The van der Waals surface area contributed by atoms with Crippen LogP contribution in [0.3, 0.4) is 0 Å². The van der Waals surface area contributed by atoms with Gasteiger partial charge in [-0.2, -0.15) is 19.4 Å². The fraction of sp³-hybridized carbons (Fsp3) is 0.484. The summed E-state index contributed by atoms with van der Waals surface area (Å²) in [5.41, 5.74) is 5.99. The van der Waals surface area contributed by atoms with Crippen LogP contribution in [0.4, 0.5) is 10.2 Å². The molecule has 1 aliphatic heterocycles. The maximum atomic E-state index is 14.5. The van der Waals surface area contributed by atoms with Crippen LogP contribution in [-0.4, -0.2) is 62.1 Å². The smallest absolute Gasteiger partial charge is 0.459 e. The van der Waals surface area contributed by atoms with Gasteiger partial charge in [-0.1, -0.05) is 70.0 Å². The largest absolute Gasteiger partial charge is 0.465 e. The van der Waals surface area contributed by atoms with Gasteiger partial charge in [-0.25, -0.2) is 9.55 Å². The molecule has 0 bridgehead atoms. The zero-order valence-corrected chi connectivity index (χ0v) is 26.9. The molecule has 1 saturated heterocycles. The number of carbonyl (C=O) groups is 1. The molecule has 2 unspecified atom stereocenters. The number of ether oxygens (including phenoxy) is 2. The van der Waals surface area contributed by atoms with Gasteiger partial charge in [0.1, 0.15) is 17.9 Å². The number of esters is 1. The van der Waals surface area contributed by atoms with E-state index in [1.54, 1.807) is 12.1 Å². The van der Waals surface area contributed by atoms with Crippen LogP contribution in [0.2, 0.25) is 0 Å². The van der Waals surface area contributed by atoms with Crippen LogP contribution in [0.1, 0.15) is 59.1 Å². The van der Waals surface area contributed by atoms with Crippen LogP contribution >= 0.6 is 7.75 Å². The second kappa shape index (κ2) is 14.8. The molecule has 2 aromatic carbocycles. The number of nitrogens with two attached hydrogens (primary N) is 1. The van der Waals surface area contributed by atoms with Crippen molar-refractivity contribution in [3.63, 3.8) is 0 Å². The Morgan fingerprint density at radius 3 is 2.78 bits per heavy atom. The molecule has 4 aromatic rings. The van der Waals surface area contributed by atoms with Crippen LogP contribution in [0, 0.1) is 12.0 Å². The maximum Gasteiger partial charge on any atom is 0.459 e. The lowest BCUT2D eigenvalue weighted by Gasteiger charge is -2.27. The number of carbonyl (C=O) groups excluding carboxylic acids is 1. The fourth-order valence-electron chi connectivity index (χ4n) is 5.35. The number of aliphatic hydroxyl groups excluding tert-OH is 1. The van der Waals surface area contributed by atoms with Gasteiger partial charge in [-0.05, 0) is 30.2 Å². The highest BCUT2D eigenvalue weighted by molar-refractivity contribution is 7.52. The van der Waals surface area contributed by atoms with Crippen LogP contribution in [0.15, 0.2) is 48.8 Å². The SMILES string of the molecule is CCCCCOC(=O)[C@H](CC(C)C)NP(=O)(OC[C@@H]1C[C@H](O)C(n2cnc3c(N)nc(F)nc32)O1)Oc1cccc2ccccc12. The van der Waals surface area contributed by atoms with Gasteiger partial charge in [0.15, 0.2) is 23.2 Å². The van der Waals surface area contributed by atoms with Crippen molar-refractivity contribution in [2.24, 2.45) is 5.92 Å². The second-order valence-corrected chi connectivity index (χ2v) is 13.4. The Morgan fingerprint density at radius 1 is 1.22 bits per heavy atom. The Balaban J connectivity index is 1.37. The highest BCUT2D eigenvalue weighted by Gasteiger charge is 2.40. The minimum absolute atomic E-state index is 0.0495. The molecule has 2 aromatic heterocycles. The first-order valence-corrected chi connectivity index (χ1v) is 17.0. The third-order valence-electron chi connectivity index (χ3n) is 7.56. The Morgan fingerprint density at radius 2 is 2.00 bits per heavy atom. The van der Waals surface area contributed by atoms with Crippen molar-refractivity contribution in [2.45, 2.75) is 77.4 Å². The third-order valence-corrected chi connectivity index (χ3v) is 9.11. The molecule has 248 valence electrons. The summed E-state index contributed by atoms with van der Waals surface area (Å²) in [7, 11) is -4.28. The van der Waals surface area contributed by atoms with E-state index in [0.29, 0.717) is 17.6 Å². The number of halogens is 1. The predicted molar refractivity (Wildman–Crippen MR) is 169 cm³/mol. The van der Waals surface area contributed by atoms with E-state index < -0.39 is 44.3 Å². The van der Waals surface area contributed by atoms with E-state index in [9.17, 15) is 18.9 Å². The summed E-state index contributed by atoms with van der Waals surface area (Å²) in [6.45, 7) is 5.90.